The molecule has 1 aliphatic heterocycles. The first-order valence-electron chi connectivity index (χ1n) is 8.52. The number of hydrogen-bond donors (Lipinski definition) is 1. The lowest BCUT2D eigenvalue weighted by Gasteiger charge is -2.25. The Morgan fingerprint density at radius 2 is 2.00 bits per heavy atom. The Balaban J connectivity index is 2.18. The van der Waals surface area contributed by atoms with Gasteiger partial charge in [-0.15, -0.1) is 0 Å². The van der Waals surface area contributed by atoms with E-state index >= 15 is 0 Å². The Kier molecular flexibility index (Phi) is 6.63. The SMILES string of the molecule is COCC(=O)NCc1cccc2c1CN(C(CCC(C)=O)C(C)=O)C2=O. The Hall–Kier alpha value is -2.54. The lowest BCUT2D eigenvalue weighted by Crippen LogP contribution is -2.40. The number of carbonyl (C=O) groups is 4. The number of methoxy groups -OCH3 is 1. The van der Waals surface area contributed by atoms with Crippen molar-refractivity contribution in [2.45, 2.75) is 45.8 Å². The van der Waals surface area contributed by atoms with Gasteiger partial charge < -0.3 is 19.7 Å². The second-order valence-corrected chi connectivity index (χ2v) is 6.45. The molecule has 140 valence electrons. The van der Waals surface area contributed by atoms with E-state index in [2.05, 4.69) is 5.32 Å². The van der Waals surface area contributed by atoms with Crippen LogP contribution in [0, 0.1) is 0 Å². The maximum Gasteiger partial charge on any atom is 0.255 e. The third-order valence-corrected chi connectivity index (χ3v) is 4.46. The van der Waals surface area contributed by atoms with Crippen LogP contribution in [-0.4, -0.2) is 48.0 Å². The van der Waals surface area contributed by atoms with Crippen molar-refractivity contribution in [3.63, 3.8) is 0 Å². The summed E-state index contributed by atoms with van der Waals surface area (Å²) in [5.74, 6) is -0.604. The number of nitrogens with zero attached hydrogens (tertiary/aromatic N) is 1. The fourth-order valence-corrected chi connectivity index (χ4v) is 3.13. The molecule has 7 heteroatoms. The molecule has 0 aliphatic carbocycles. The van der Waals surface area contributed by atoms with Crippen molar-refractivity contribution in [1.29, 1.82) is 0 Å². The summed E-state index contributed by atoms with van der Waals surface area (Å²) in [5.41, 5.74) is 2.18. The fourth-order valence-electron chi connectivity index (χ4n) is 3.13. The maximum absolute atomic E-state index is 12.8. The normalized spacial score (nSPS) is 14.1. The number of nitrogens with one attached hydrogen (secondary N) is 1. The van der Waals surface area contributed by atoms with Gasteiger partial charge in [0, 0.05) is 32.2 Å². The molecule has 0 bridgehead atoms. The highest BCUT2D eigenvalue weighted by Crippen LogP contribution is 2.29. The first kappa shape index (κ1) is 19.8. The van der Waals surface area contributed by atoms with E-state index in [1.807, 2.05) is 6.07 Å². The zero-order valence-electron chi connectivity index (χ0n) is 15.3. The van der Waals surface area contributed by atoms with Crippen molar-refractivity contribution in [2.75, 3.05) is 13.7 Å². The second-order valence-electron chi connectivity index (χ2n) is 6.45. The number of ether oxygens (including phenoxy) is 1. The lowest BCUT2D eigenvalue weighted by molar-refractivity contribution is -0.125. The largest absolute Gasteiger partial charge is 0.375 e. The van der Waals surface area contributed by atoms with Crippen molar-refractivity contribution < 1.29 is 23.9 Å². The molecule has 1 heterocycles. The molecule has 1 unspecified atom stereocenters. The van der Waals surface area contributed by atoms with Crippen LogP contribution < -0.4 is 5.32 Å². The molecule has 0 radical (unpaired) electrons. The van der Waals surface area contributed by atoms with Crippen molar-refractivity contribution in [3.8, 4) is 0 Å². The van der Waals surface area contributed by atoms with Gasteiger partial charge >= 0.3 is 0 Å². The first-order chi connectivity index (χ1) is 12.3. The number of ketones is 2. The molecule has 1 atom stereocenters. The molecule has 7 nitrogen and oxygen atoms in total. The Labute approximate surface area is 152 Å². The standard InChI is InChI=1S/C19H24N2O5/c1-12(22)7-8-17(13(2)23)21-10-16-14(9-20-18(24)11-26-3)5-4-6-15(16)19(21)25/h4-6,17H,7-11H2,1-3H3,(H,20,24). The van der Waals surface area contributed by atoms with E-state index in [0.717, 1.165) is 11.1 Å². The van der Waals surface area contributed by atoms with E-state index in [1.54, 1.807) is 12.1 Å². The predicted molar refractivity (Wildman–Crippen MR) is 94.4 cm³/mol. The monoisotopic (exact) mass is 360 g/mol. The third-order valence-electron chi connectivity index (χ3n) is 4.46. The van der Waals surface area contributed by atoms with Crippen LogP contribution >= 0.6 is 0 Å². The number of hydrogen-bond acceptors (Lipinski definition) is 5. The highest BCUT2D eigenvalue weighted by atomic mass is 16.5. The number of carbonyl (C=O) groups excluding carboxylic acids is 4. The summed E-state index contributed by atoms with van der Waals surface area (Å²) >= 11 is 0. The van der Waals surface area contributed by atoms with Crippen LogP contribution in [0.3, 0.4) is 0 Å². The van der Waals surface area contributed by atoms with E-state index in [9.17, 15) is 19.2 Å². The fraction of sp³-hybridized carbons (Fsp3) is 0.474. The number of Topliss-reactive ketones (excluding diaryl/α,β-unsaturated/α-hetero) is 2. The van der Waals surface area contributed by atoms with E-state index in [-0.39, 0.29) is 43.0 Å². The minimum Gasteiger partial charge on any atom is -0.375 e. The van der Waals surface area contributed by atoms with Crippen LogP contribution in [-0.2, 0) is 32.2 Å². The topological polar surface area (TPSA) is 92.8 Å². The molecule has 1 aliphatic rings. The quantitative estimate of drug-likeness (QED) is 0.715. The molecule has 0 saturated carbocycles. The van der Waals surface area contributed by atoms with Gasteiger partial charge in [-0.1, -0.05) is 12.1 Å². The molecule has 2 rings (SSSR count). The summed E-state index contributed by atoms with van der Waals surface area (Å²) in [7, 11) is 1.44. The summed E-state index contributed by atoms with van der Waals surface area (Å²) in [5, 5.41) is 2.75. The third kappa shape index (κ3) is 4.54. The molecule has 1 N–H and O–H groups in total. The molecular weight excluding hydrogens is 336 g/mol. The molecule has 1 aromatic carbocycles. The van der Waals surface area contributed by atoms with E-state index in [1.165, 1.54) is 25.9 Å². The molecule has 26 heavy (non-hydrogen) atoms. The van der Waals surface area contributed by atoms with Crippen LogP contribution in [0.25, 0.3) is 0 Å². The van der Waals surface area contributed by atoms with Crippen LogP contribution in [0.15, 0.2) is 18.2 Å². The Morgan fingerprint density at radius 1 is 1.27 bits per heavy atom. The van der Waals surface area contributed by atoms with Gasteiger partial charge in [0.05, 0.1) is 6.04 Å². The van der Waals surface area contributed by atoms with Gasteiger partial charge in [0.25, 0.3) is 5.91 Å². The molecule has 2 amide bonds. The number of benzene rings is 1. The highest BCUT2D eigenvalue weighted by Gasteiger charge is 2.35. The van der Waals surface area contributed by atoms with Crippen LogP contribution in [0.1, 0.15) is 48.2 Å². The van der Waals surface area contributed by atoms with Gasteiger partial charge in [0.15, 0.2) is 5.78 Å². The van der Waals surface area contributed by atoms with Crippen LogP contribution in [0.2, 0.25) is 0 Å². The lowest BCUT2D eigenvalue weighted by atomic mass is 10.0. The number of fused-ring (bicyclic) bond motifs is 1. The van der Waals surface area contributed by atoms with Gasteiger partial charge in [-0.25, -0.2) is 0 Å². The minimum atomic E-state index is -0.616. The van der Waals surface area contributed by atoms with Gasteiger partial charge in [-0.3, -0.25) is 14.4 Å². The van der Waals surface area contributed by atoms with E-state index in [0.29, 0.717) is 18.5 Å². The van der Waals surface area contributed by atoms with Crippen molar-refractivity contribution >= 4 is 23.4 Å². The average molecular weight is 360 g/mol. The summed E-state index contributed by atoms with van der Waals surface area (Å²) in [6, 6.07) is 4.72. The van der Waals surface area contributed by atoms with E-state index < -0.39 is 6.04 Å². The predicted octanol–water partition coefficient (Wildman–Crippen LogP) is 1.23. The molecule has 0 spiro atoms. The zero-order chi connectivity index (χ0) is 19.3. The maximum atomic E-state index is 12.8. The molecule has 0 fully saturated rings. The average Bonchev–Trinajstić information content (AvgIpc) is 2.90. The number of rotatable bonds is 9. The van der Waals surface area contributed by atoms with Gasteiger partial charge in [0.2, 0.25) is 5.91 Å². The molecule has 0 saturated heterocycles. The zero-order valence-corrected chi connectivity index (χ0v) is 15.3. The highest BCUT2D eigenvalue weighted by molar-refractivity contribution is 6.01. The Morgan fingerprint density at radius 3 is 2.62 bits per heavy atom. The summed E-state index contributed by atoms with van der Waals surface area (Å²) in [6.45, 7) is 3.46. The van der Waals surface area contributed by atoms with Gasteiger partial charge in [-0.05, 0) is 37.5 Å². The first-order valence-corrected chi connectivity index (χ1v) is 8.52. The van der Waals surface area contributed by atoms with Crippen LogP contribution in [0.4, 0.5) is 0 Å². The van der Waals surface area contributed by atoms with Crippen molar-refractivity contribution in [2.24, 2.45) is 0 Å². The smallest absolute Gasteiger partial charge is 0.255 e. The summed E-state index contributed by atoms with van der Waals surface area (Å²) in [6.07, 6.45) is 0.578. The van der Waals surface area contributed by atoms with E-state index in [4.69, 9.17) is 4.74 Å². The second kappa shape index (κ2) is 8.71. The van der Waals surface area contributed by atoms with Gasteiger partial charge in [0.1, 0.15) is 12.4 Å². The molecule has 0 aromatic heterocycles. The molecule has 1 aromatic rings. The van der Waals surface area contributed by atoms with Crippen molar-refractivity contribution in [3.05, 3.63) is 34.9 Å². The minimum absolute atomic E-state index is 0.0121. The van der Waals surface area contributed by atoms with Gasteiger partial charge in [-0.2, -0.15) is 0 Å². The Bertz CT molecular complexity index is 729. The van der Waals surface area contributed by atoms with Crippen LogP contribution in [0.5, 0.6) is 0 Å². The number of amides is 2. The molecular formula is C19H24N2O5. The van der Waals surface area contributed by atoms with Crippen molar-refractivity contribution in [1.82, 2.24) is 10.2 Å². The summed E-state index contributed by atoms with van der Waals surface area (Å²) < 4.78 is 4.78. The summed E-state index contributed by atoms with van der Waals surface area (Å²) in [4.78, 5) is 49.2.